The Bertz CT molecular complexity index is 612. The van der Waals surface area contributed by atoms with Gasteiger partial charge in [-0.3, -0.25) is 4.99 Å². The van der Waals surface area contributed by atoms with E-state index >= 15 is 0 Å². The SMILES string of the molecule is CCc1ccc(Cc2ccc(NC3=NCCN3)cc2)cc1. The zero-order valence-corrected chi connectivity index (χ0v) is 12.4. The summed E-state index contributed by atoms with van der Waals surface area (Å²) in [6, 6.07) is 17.4. The molecule has 21 heavy (non-hydrogen) atoms. The molecule has 0 spiro atoms. The van der Waals surface area contributed by atoms with Crippen molar-refractivity contribution in [3.63, 3.8) is 0 Å². The Morgan fingerprint density at radius 2 is 1.57 bits per heavy atom. The van der Waals surface area contributed by atoms with E-state index in [9.17, 15) is 0 Å². The molecule has 0 radical (unpaired) electrons. The molecule has 108 valence electrons. The molecule has 3 nitrogen and oxygen atoms in total. The van der Waals surface area contributed by atoms with Crippen LogP contribution in [-0.4, -0.2) is 19.0 Å². The van der Waals surface area contributed by atoms with Crippen molar-refractivity contribution in [1.29, 1.82) is 0 Å². The van der Waals surface area contributed by atoms with Gasteiger partial charge in [-0.2, -0.15) is 0 Å². The van der Waals surface area contributed by atoms with Crippen LogP contribution < -0.4 is 10.6 Å². The lowest BCUT2D eigenvalue weighted by atomic mass is 10.0. The summed E-state index contributed by atoms with van der Waals surface area (Å²) >= 11 is 0. The Hall–Kier alpha value is -2.29. The number of hydrogen-bond donors (Lipinski definition) is 2. The van der Waals surface area contributed by atoms with Crippen molar-refractivity contribution in [2.24, 2.45) is 4.99 Å². The fourth-order valence-corrected chi connectivity index (χ4v) is 2.45. The number of nitrogens with zero attached hydrogens (tertiary/aromatic N) is 1. The van der Waals surface area contributed by atoms with Crippen LogP contribution in [0.4, 0.5) is 5.69 Å². The number of anilines is 1. The molecule has 0 unspecified atom stereocenters. The zero-order valence-electron chi connectivity index (χ0n) is 12.4. The van der Waals surface area contributed by atoms with E-state index < -0.39 is 0 Å². The molecule has 0 atom stereocenters. The van der Waals surface area contributed by atoms with Crippen LogP contribution in [0.1, 0.15) is 23.6 Å². The predicted octanol–water partition coefficient (Wildman–Crippen LogP) is 3.21. The van der Waals surface area contributed by atoms with Crippen molar-refractivity contribution in [2.75, 3.05) is 18.4 Å². The van der Waals surface area contributed by atoms with Crippen molar-refractivity contribution >= 4 is 11.6 Å². The number of aliphatic imine (C=N–C) groups is 1. The average Bonchev–Trinajstić information content (AvgIpc) is 3.03. The largest absolute Gasteiger partial charge is 0.354 e. The first-order chi connectivity index (χ1) is 10.3. The number of rotatable bonds is 4. The summed E-state index contributed by atoms with van der Waals surface area (Å²) in [5.74, 6) is 0.873. The van der Waals surface area contributed by atoms with Crippen molar-refractivity contribution in [1.82, 2.24) is 5.32 Å². The van der Waals surface area contributed by atoms with E-state index in [1.54, 1.807) is 0 Å². The third-order valence-corrected chi connectivity index (χ3v) is 3.73. The van der Waals surface area contributed by atoms with Crippen LogP contribution >= 0.6 is 0 Å². The minimum absolute atomic E-state index is 0.855. The summed E-state index contributed by atoms with van der Waals surface area (Å²) in [5, 5.41) is 6.50. The average molecular weight is 279 g/mol. The second-order valence-electron chi connectivity index (χ2n) is 5.33. The molecule has 3 rings (SSSR count). The van der Waals surface area contributed by atoms with Crippen LogP contribution in [0.2, 0.25) is 0 Å². The Balaban J connectivity index is 1.63. The second kappa shape index (κ2) is 6.44. The van der Waals surface area contributed by atoms with E-state index in [1.165, 1.54) is 16.7 Å². The molecule has 0 saturated carbocycles. The molecule has 3 heteroatoms. The number of hydrogen-bond acceptors (Lipinski definition) is 3. The Kier molecular flexibility index (Phi) is 4.20. The highest BCUT2D eigenvalue weighted by Gasteiger charge is 2.04. The van der Waals surface area contributed by atoms with E-state index in [2.05, 4.69) is 71.1 Å². The normalized spacial score (nSPS) is 13.7. The van der Waals surface area contributed by atoms with Crippen LogP contribution in [0.3, 0.4) is 0 Å². The maximum atomic E-state index is 4.33. The number of benzene rings is 2. The van der Waals surface area contributed by atoms with Crippen LogP contribution in [0.5, 0.6) is 0 Å². The summed E-state index contributed by atoms with van der Waals surface area (Å²) in [7, 11) is 0. The summed E-state index contributed by atoms with van der Waals surface area (Å²) in [6.45, 7) is 3.96. The molecule has 1 heterocycles. The van der Waals surface area contributed by atoms with E-state index in [0.717, 1.165) is 37.6 Å². The molecule has 0 fully saturated rings. The van der Waals surface area contributed by atoms with Gasteiger partial charge in [0.2, 0.25) is 0 Å². The van der Waals surface area contributed by atoms with Gasteiger partial charge in [0.05, 0.1) is 6.54 Å². The third kappa shape index (κ3) is 3.63. The highest BCUT2D eigenvalue weighted by molar-refractivity contribution is 5.94. The number of nitrogens with one attached hydrogen (secondary N) is 2. The first-order valence-corrected chi connectivity index (χ1v) is 7.55. The lowest BCUT2D eigenvalue weighted by molar-refractivity contribution is 0.959. The molecule has 0 bridgehead atoms. The quantitative estimate of drug-likeness (QED) is 0.901. The summed E-state index contributed by atoms with van der Waals surface area (Å²) < 4.78 is 0. The van der Waals surface area contributed by atoms with Gasteiger partial charge < -0.3 is 10.6 Å². The van der Waals surface area contributed by atoms with Crippen molar-refractivity contribution in [3.8, 4) is 0 Å². The molecule has 2 N–H and O–H groups in total. The molecule has 0 saturated heterocycles. The molecule has 2 aromatic rings. The molecule has 0 aliphatic carbocycles. The Morgan fingerprint density at radius 1 is 0.952 bits per heavy atom. The lowest BCUT2D eigenvalue weighted by Crippen LogP contribution is -2.26. The van der Waals surface area contributed by atoms with Gasteiger partial charge in [0, 0.05) is 12.2 Å². The van der Waals surface area contributed by atoms with E-state index in [-0.39, 0.29) is 0 Å². The predicted molar refractivity (Wildman–Crippen MR) is 89.0 cm³/mol. The maximum Gasteiger partial charge on any atom is 0.195 e. The van der Waals surface area contributed by atoms with Crippen LogP contribution in [0.15, 0.2) is 53.5 Å². The summed E-state index contributed by atoms with van der Waals surface area (Å²) in [6.07, 6.45) is 2.07. The van der Waals surface area contributed by atoms with Gasteiger partial charge in [-0.15, -0.1) is 0 Å². The fraction of sp³-hybridized carbons (Fsp3) is 0.278. The van der Waals surface area contributed by atoms with Gasteiger partial charge >= 0.3 is 0 Å². The first kappa shape index (κ1) is 13.7. The maximum absolute atomic E-state index is 4.33. The van der Waals surface area contributed by atoms with Crippen LogP contribution in [-0.2, 0) is 12.8 Å². The van der Waals surface area contributed by atoms with Crippen molar-refractivity contribution in [3.05, 3.63) is 65.2 Å². The topological polar surface area (TPSA) is 36.4 Å². The highest BCUT2D eigenvalue weighted by Crippen LogP contribution is 2.14. The van der Waals surface area contributed by atoms with Crippen molar-refractivity contribution in [2.45, 2.75) is 19.8 Å². The molecule has 2 aromatic carbocycles. The second-order valence-corrected chi connectivity index (χ2v) is 5.33. The number of aryl methyl sites for hydroxylation is 1. The number of guanidine groups is 1. The highest BCUT2D eigenvalue weighted by atomic mass is 15.2. The van der Waals surface area contributed by atoms with Crippen LogP contribution in [0.25, 0.3) is 0 Å². The minimum atomic E-state index is 0.855. The Labute approximate surface area is 126 Å². The smallest absolute Gasteiger partial charge is 0.195 e. The van der Waals surface area contributed by atoms with Gasteiger partial charge in [-0.05, 0) is 41.7 Å². The first-order valence-electron chi connectivity index (χ1n) is 7.55. The Morgan fingerprint density at radius 3 is 2.14 bits per heavy atom. The fourth-order valence-electron chi connectivity index (χ4n) is 2.45. The summed E-state index contributed by atoms with van der Waals surface area (Å²) in [4.78, 5) is 4.33. The third-order valence-electron chi connectivity index (χ3n) is 3.73. The standard InChI is InChI=1S/C18H21N3/c1-2-14-3-5-15(6-4-14)13-16-7-9-17(10-8-16)21-18-19-11-12-20-18/h3-10H,2,11-13H2,1H3,(H2,19,20,21). The van der Waals surface area contributed by atoms with Gasteiger partial charge in [-0.25, -0.2) is 0 Å². The molecule has 1 aliphatic heterocycles. The van der Waals surface area contributed by atoms with Gasteiger partial charge in [0.25, 0.3) is 0 Å². The van der Waals surface area contributed by atoms with Crippen molar-refractivity contribution < 1.29 is 0 Å². The minimum Gasteiger partial charge on any atom is -0.354 e. The van der Waals surface area contributed by atoms with Crippen LogP contribution in [0, 0.1) is 0 Å². The molecular weight excluding hydrogens is 258 g/mol. The lowest BCUT2D eigenvalue weighted by Gasteiger charge is -2.08. The van der Waals surface area contributed by atoms with E-state index in [0.29, 0.717) is 0 Å². The monoisotopic (exact) mass is 279 g/mol. The van der Waals surface area contributed by atoms with Gasteiger partial charge in [0.1, 0.15) is 0 Å². The van der Waals surface area contributed by atoms with E-state index in [4.69, 9.17) is 0 Å². The zero-order chi connectivity index (χ0) is 14.5. The molecular formula is C18H21N3. The molecule has 0 aromatic heterocycles. The van der Waals surface area contributed by atoms with E-state index in [1.807, 2.05) is 0 Å². The van der Waals surface area contributed by atoms with Gasteiger partial charge in [-0.1, -0.05) is 43.3 Å². The van der Waals surface area contributed by atoms with Gasteiger partial charge in [0.15, 0.2) is 5.96 Å². The molecule has 0 amide bonds. The summed E-state index contributed by atoms with van der Waals surface area (Å²) in [5.41, 5.74) is 5.15. The molecule has 1 aliphatic rings.